The van der Waals surface area contributed by atoms with Gasteiger partial charge in [-0.25, -0.2) is 0 Å². The third kappa shape index (κ3) is 3.49. The van der Waals surface area contributed by atoms with Crippen molar-refractivity contribution in [2.45, 2.75) is 40.0 Å². The highest BCUT2D eigenvalue weighted by Crippen LogP contribution is 2.24. The molecule has 88 valence electrons. The maximum Gasteiger partial charge on any atom is 0.227 e. The number of rotatable bonds is 2. The maximum atomic E-state index is 12.1. The molecule has 0 radical (unpaired) electrons. The van der Waals surface area contributed by atoms with Crippen LogP contribution in [-0.2, 0) is 4.79 Å². The molecule has 0 spiro atoms. The molecule has 1 heterocycles. The minimum atomic E-state index is -0.245. The number of hydrogen-bond acceptors (Lipinski definition) is 2. The number of hydrogen-bond donors (Lipinski definition) is 1. The molecule has 1 atom stereocenters. The minimum Gasteiger partial charge on any atom is -0.342 e. The molecule has 1 unspecified atom stereocenters. The van der Waals surface area contributed by atoms with Crippen molar-refractivity contribution in [1.29, 1.82) is 0 Å². The van der Waals surface area contributed by atoms with Crippen LogP contribution in [-0.4, -0.2) is 30.4 Å². The van der Waals surface area contributed by atoms with Crippen LogP contribution in [0.25, 0.3) is 0 Å². The quantitative estimate of drug-likeness (QED) is 0.756. The van der Waals surface area contributed by atoms with Crippen LogP contribution >= 0.6 is 0 Å². The molecule has 2 N–H and O–H groups in total. The molecule has 15 heavy (non-hydrogen) atoms. The smallest absolute Gasteiger partial charge is 0.227 e. The predicted octanol–water partition coefficient (Wildman–Crippen LogP) is 1.62. The van der Waals surface area contributed by atoms with Crippen LogP contribution in [0.1, 0.15) is 40.0 Å². The van der Waals surface area contributed by atoms with Gasteiger partial charge in [0, 0.05) is 18.5 Å². The van der Waals surface area contributed by atoms with Gasteiger partial charge in [0.15, 0.2) is 0 Å². The van der Waals surface area contributed by atoms with Crippen molar-refractivity contribution >= 4 is 5.91 Å². The van der Waals surface area contributed by atoms with E-state index < -0.39 is 0 Å². The van der Waals surface area contributed by atoms with Gasteiger partial charge in [0.25, 0.3) is 0 Å². The van der Waals surface area contributed by atoms with Gasteiger partial charge in [0.1, 0.15) is 0 Å². The van der Waals surface area contributed by atoms with Crippen LogP contribution in [0.15, 0.2) is 0 Å². The molecule has 0 aliphatic carbocycles. The standard InChI is InChI=1S/C12H24N2O/c1-12(2,3)11(15)14-8-4-5-10(9-14)6-7-13/h10H,4-9,13H2,1-3H3. The van der Waals surface area contributed by atoms with E-state index in [1.165, 1.54) is 6.42 Å². The van der Waals surface area contributed by atoms with Gasteiger partial charge in [-0.2, -0.15) is 0 Å². The highest BCUT2D eigenvalue weighted by atomic mass is 16.2. The molecule has 0 aromatic carbocycles. The molecule has 0 aromatic rings. The summed E-state index contributed by atoms with van der Waals surface area (Å²) in [5, 5.41) is 0. The third-order valence-corrected chi connectivity index (χ3v) is 3.02. The Kier molecular flexibility index (Phi) is 4.14. The van der Waals surface area contributed by atoms with Crippen LogP contribution in [0.2, 0.25) is 0 Å². The number of carbonyl (C=O) groups excluding carboxylic acids is 1. The van der Waals surface area contributed by atoms with Crippen LogP contribution in [0.5, 0.6) is 0 Å². The van der Waals surface area contributed by atoms with Crippen LogP contribution in [0.3, 0.4) is 0 Å². The Labute approximate surface area is 93.0 Å². The average Bonchev–Trinajstić information content (AvgIpc) is 2.16. The largest absolute Gasteiger partial charge is 0.342 e. The predicted molar refractivity (Wildman–Crippen MR) is 62.4 cm³/mol. The van der Waals surface area contributed by atoms with E-state index in [0.717, 1.165) is 32.5 Å². The molecule has 1 aliphatic rings. The van der Waals surface area contributed by atoms with E-state index in [0.29, 0.717) is 5.92 Å². The SMILES string of the molecule is CC(C)(C)C(=O)N1CCCC(CCN)C1. The van der Waals surface area contributed by atoms with E-state index in [1.807, 2.05) is 25.7 Å². The summed E-state index contributed by atoms with van der Waals surface area (Å²) in [7, 11) is 0. The number of carbonyl (C=O) groups is 1. The first-order valence-electron chi connectivity index (χ1n) is 5.94. The Bertz CT molecular complexity index is 218. The summed E-state index contributed by atoms with van der Waals surface area (Å²) in [6.45, 7) is 8.54. The number of piperidine rings is 1. The summed E-state index contributed by atoms with van der Waals surface area (Å²) >= 11 is 0. The third-order valence-electron chi connectivity index (χ3n) is 3.02. The zero-order chi connectivity index (χ0) is 11.5. The Hall–Kier alpha value is -0.570. The van der Waals surface area contributed by atoms with Crippen LogP contribution in [0, 0.1) is 11.3 Å². The van der Waals surface area contributed by atoms with Crippen molar-refractivity contribution in [3.8, 4) is 0 Å². The molecule has 3 nitrogen and oxygen atoms in total. The summed E-state index contributed by atoms with van der Waals surface area (Å²) < 4.78 is 0. The lowest BCUT2D eigenvalue weighted by Crippen LogP contribution is -2.45. The Morgan fingerprint density at radius 1 is 1.47 bits per heavy atom. The molecule has 1 fully saturated rings. The summed E-state index contributed by atoms with van der Waals surface area (Å²) in [5.41, 5.74) is 5.32. The van der Waals surface area contributed by atoms with Crippen molar-refractivity contribution in [3.63, 3.8) is 0 Å². The molecule has 1 aliphatic heterocycles. The summed E-state index contributed by atoms with van der Waals surface area (Å²) in [5.74, 6) is 0.902. The second kappa shape index (κ2) is 4.97. The maximum absolute atomic E-state index is 12.1. The zero-order valence-corrected chi connectivity index (χ0v) is 10.3. The molecule has 1 amide bonds. The van der Waals surface area contributed by atoms with Crippen LogP contribution < -0.4 is 5.73 Å². The second-order valence-electron chi connectivity index (χ2n) is 5.59. The first-order valence-corrected chi connectivity index (χ1v) is 5.94. The molecular formula is C12H24N2O. The molecule has 0 aromatic heterocycles. The molecular weight excluding hydrogens is 188 g/mol. The number of nitrogens with zero attached hydrogens (tertiary/aromatic N) is 1. The number of nitrogens with two attached hydrogens (primary N) is 1. The van der Waals surface area contributed by atoms with Gasteiger partial charge < -0.3 is 10.6 Å². The summed E-state index contributed by atoms with van der Waals surface area (Å²) in [6.07, 6.45) is 3.41. The molecule has 0 saturated carbocycles. The highest BCUT2D eigenvalue weighted by Gasteiger charge is 2.30. The second-order valence-corrected chi connectivity index (χ2v) is 5.59. The van der Waals surface area contributed by atoms with Crippen molar-refractivity contribution in [3.05, 3.63) is 0 Å². The Morgan fingerprint density at radius 2 is 2.13 bits per heavy atom. The van der Waals surface area contributed by atoms with Crippen molar-refractivity contribution in [2.75, 3.05) is 19.6 Å². The van der Waals surface area contributed by atoms with Crippen molar-refractivity contribution in [2.24, 2.45) is 17.1 Å². The van der Waals surface area contributed by atoms with Gasteiger partial charge in [-0.15, -0.1) is 0 Å². The normalized spacial score (nSPS) is 22.9. The molecule has 3 heteroatoms. The molecule has 1 rings (SSSR count). The highest BCUT2D eigenvalue weighted by molar-refractivity contribution is 5.81. The Balaban J connectivity index is 2.52. The van der Waals surface area contributed by atoms with E-state index in [2.05, 4.69) is 0 Å². The fourth-order valence-corrected chi connectivity index (χ4v) is 2.20. The fourth-order valence-electron chi connectivity index (χ4n) is 2.20. The van der Waals surface area contributed by atoms with Gasteiger partial charge in [-0.3, -0.25) is 4.79 Å². The first-order chi connectivity index (χ1) is 6.95. The summed E-state index contributed by atoms with van der Waals surface area (Å²) in [6, 6.07) is 0. The van der Waals surface area contributed by atoms with E-state index in [4.69, 9.17) is 5.73 Å². The first kappa shape index (κ1) is 12.5. The molecule has 0 bridgehead atoms. The lowest BCUT2D eigenvalue weighted by Gasteiger charge is -2.36. The topological polar surface area (TPSA) is 46.3 Å². The van der Waals surface area contributed by atoms with Crippen LogP contribution in [0.4, 0.5) is 0 Å². The minimum absolute atomic E-state index is 0.245. The van der Waals surface area contributed by atoms with E-state index in [9.17, 15) is 4.79 Å². The summed E-state index contributed by atoms with van der Waals surface area (Å²) in [4.78, 5) is 14.1. The lowest BCUT2D eigenvalue weighted by molar-refractivity contribution is -0.141. The van der Waals surface area contributed by atoms with Gasteiger partial charge in [-0.05, 0) is 31.7 Å². The van der Waals surface area contributed by atoms with E-state index >= 15 is 0 Å². The number of likely N-dealkylation sites (tertiary alicyclic amines) is 1. The fraction of sp³-hybridized carbons (Fsp3) is 0.917. The monoisotopic (exact) mass is 212 g/mol. The van der Waals surface area contributed by atoms with Crippen molar-refractivity contribution < 1.29 is 4.79 Å². The van der Waals surface area contributed by atoms with E-state index in [1.54, 1.807) is 0 Å². The van der Waals surface area contributed by atoms with Gasteiger partial charge in [0.2, 0.25) is 5.91 Å². The average molecular weight is 212 g/mol. The van der Waals surface area contributed by atoms with Gasteiger partial charge in [0.05, 0.1) is 0 Å². The zero-order valence-electron chi connectivity index (χ0n) is 10.3. The van der Waals surface area contributed by atoms with Gasteiger partial charge in [-0.1, -0.05) is 20.8 Å². The Morgan fingerprint density at radius 3 is 2.67 bits per heavy atom. The lowest BCUT2D eigenvalue weighted by atomic mass is 9.90. The van der Waals surface area contributed by atoms with Gasteiger partial charge >= 0.3 is 0 Å². The number of amides is 1. The molecule has 1 saturated heterocycles. The van der Waals surface area contributed by atoms with E-state index in [-0.39, 0.29) is 11.3 Å². The van der Waals surface area contributed by atoms with Crippen molar-refractivity contribution in [1.82, 2.24) is 4.90 Å².